The van der Waals surface area contributed by atoms with E-state index >= 15 is 0 Å². The van der Waals surface area contributed by atoms with Gasteiger partial charge < -0.3 is 16.0 Å². The third-order valence-electron chi connectivity index (χ3n) is 6.62. The number of benzene rings is 2. The normalized spacial score (nSPS) is 12.0. The Morgan fingerprint density at radius 2 is 1.33 bits per heavy atom. The Morgan fingerprint density at radius 1 is 0.750 bits per heavy atom. The summed E-state index contributed by atoms with van der Waals surface area (Å²) in [6, 6.07) is 15.5. The molecular formula is C31H47N3O2. The van der Waals surface area contributed by atoms with Crippen LogP contribution in [0.25, 0.3) is 0 Å². The van der Waals surface area contributed by atoms with Crippen molar-refractivity contribution in [2.75, 3.05) is 11.9 Å². The second kappa shape index (κ2) is 16.0. The fourth-order valence-electron chi connectivity index (χ4n) is 4.49. The van der Waals surface area contributed by atoms with Crippen LogP contribution >= 0.6 is 0 Å². The summed E-state index contributed by atoms with van der Waals surface area (Å²) in [5.41, 5.74) is 4.12. The highest BCUT2D eigenvalue weighted by Gasteiger charge is 2.18. The predicted molar refractivity (Wildman–Crippen MR) is 152 cm³/mol. The van der Waals surface area contributed by atoms with Gasteiger partial charge in [0.05, 0.1) is 6.04 Å². The molecule has 0 saturated heterocycles. The maximum atomic E-state index is 13.0. The summed E-state index contributed by atoms with van der Waals surface area (Å²) < 4.78 is 0. The fourth-order valence-corrected chi connectivity index (χ4v) is 4.49. The number of carbonyl (C=O) groups excluding carboxylic acids is 2. The molecule has 2 aromatic carbocycles. The molecule has 0 aliphatic carbocycles. The van der Waals surface area contributed by atoms with Gasteiger partial charge in [0.2, 0.25) is 5.91 Å². The van der Waals surface area contributed by atoms with Crippen LogP contribution in [0.2, 0.25) is 0 Å². The van der Waals surface area contributed by atoms with Crippen LogP contribution < -0.4 is 16.0 Å². The smallest absolute Gasteiger partial charge is 0.319 e. The molecule has 1 atom stereocenters. The molecule has 198 valence electrons. The first-order chi connectivity index (χ1) is 17.3. The molecule has 0 aliphatic rings. The van der Waals surface area contributed by atoms with Gasteiger partial charge in [-0.25, -0.2) is 4.79 Å². The van der Waals surface area contributed by atoms with Crippen molar-refractivity contribution in [3.63, 3.8) is 0 Å². The van der Waals surface area contributed by atoms with E-state index in [2.05, 4.69) is 68.8 Å². The first-order valence-electron chi connectivity index (χ1n) is 13.8. The minimum Gasteiger partial charge on any atom is -0.348 e. The lowest BCUT2D eigenvalue weighted by atomic mass is 9.93. The lowest BCUT2D eigenvalue weighted by Gasteiger charge is -2.22. The molecule has 5 heteroatoms. The highest BCUT2D eigenvalue weighted by molar-refractivity contribution is 5.91. The Morgan fingerprint density at radius 3 is 1.92 bits per heavy atom. The molecular weight excluding hydrogens is 446 g/mol. The molecule has 36 heavy (non-hydrogen) atoms. The van der Waals surface area contributed by atoms with Crippen molar-refractivity contribution in [1.82, 2.24) is 10.6 Å². The molecule has 1 unspecified atom stereocenters. The van der Waals surface area contributed by atoms with E-state index in [4.69, 9.17) is 0 Å². The first-order valence-corrected chi connectivity index (χ1v) is 13.8. The van der Waals surface area contributed by atoms with Crippen LogP contribution in [-0.4, -0.2) is 18.5 Å². The Hall–Kier alpha value is -2.82. The van der Waals surface area contributed by atoms with E-state index in [0.29, 0.717) is 24.8 Å². The van der Waals surface area contributed by atoms with Crippen molar-refractivity contribution in [2.24, 2.45) is 0 Å². The maximum Gasteiger partial charge on any atom is 0.319 e. The average molecular weight is 494 g/mol. The summed E-state index contributed by atoms with van der Waals surface area (Å²) in [6.45, 7) is 11.1. The lowest BCUT2D eigenvalue weighted by Crippen LogP contribution is -2.39. The van der Waals surface area contributed by atoms with Crippen molar-refractivity contribution >= 4 is 17.6 Å². The third-order valence-corrected chi connectivity index (χ3v) is 6.62. The SMILES string of the molecule is CCCCCCCCCC(=O)NC(CNC(=O)Nc1c(C(C)C)cccc1C(C)C)c1ccccc1. The fraction of sp³-hybridized carbons (Fsp3) is 0.548. The van der Waals surface area contributed by atoms with Gasteiger partial charge in [0.1, 0.15) is 0 Å². The van der Waals surface area contributed by atoms with Gasteiger partial charge in [-0.15, -0.1) is 0 Å². The third kappa shape index (κ3) is 10.0. The predicted octanol–water partition coefficient (Wildman–Crippen LogP) is 8.05. The first kappa shape index (κ1) is 29.4. The number of carbonyl (C=O) groups is 2. The topological polar surface area (TPSA) is 70.2 Å². The standard InChI is InChI=1S/C31H47N3O2/c1-6-7-8-9-10-11-15-21-29(35)33-28(25-17-13-12-14-18-25)22-32-31(36)34-30-26(23(2)3)19-16-20-27(30)24(4)5/h12-14,16-20,23-24,28H,6-11,15,21-22H2,1-5H3,(H,33,35)(H2,32,34,36). The molecule has 0 saturated carbocycles. The quantitative estimate of drug-likeness (QED) is 0.220. The van der Waals surface area contributed by atoms with Gasteiger partial charge in [-0.05, 0) is 34.9 Å². The van der Waals surface area contributed by atoms with Gasteiger partial charge in [-0.2, -0.15) is 0 Å². The average Bonchev–Trinajstić information content (AvgIpc) is 2.86. The van der Waals surface area contributed by atoms with E-state index < -0.39 is 0 Å². The van der Waals surface area contributed by atoms with Crippen LogP contribution in [-0.2, 0) is 4.79 Å². The molecule has 0 aliphatic heterocycles. The Balaban J connectivity index is 1.97. The van der Waals surface area contributed by atoms with Gasteiger partial charge in [0.25, 0.3) is 0 Å². The van der Waals surface area contributed by atoms with Gasteiger partial charge in [-0.1, -0.05) is 122 Å². The van der Waals surface area contributed by atoms with Crippen molar-refractivity contribution in [3.05, 3.63) is 65.2 Å². The number of urea groups is 1. The number of hydrogen-bond acceptors (Lipinski definition) is 2. The molecule has 0 heterocycles. The van der Waals surface area contributed by atoms with Crippen molar-refractivity contribution < 1.29 is 9.59 Å². The molecule has 0 radical (unpaired) electrons. The molecule has 3 amide bonds. The van der Waals surface area contributed by atoms with Crippen LogP contribution in [0.3, 0.4) is 0 Å². The summed E-state index contributed by atoms with van der Waals surface area (Å²) in [6.07, 6.45) is 8.77. The second-order valence-corrected chi connectivity index (χ2v) is 10.4. The second-order valence-electron chi connectivity index (χ2n) is 10.4. The Kier molecular flexibility index (Phi) is 13.1. The van der Waals surface area contributed by atoms with Crippen LogP contribution in [0, 0.1) is 0 Å². The summed E-state index contributed by atoms with van der Waals surface area (Å²) >= 11 is 0. The van der Waals surface area contributed by atoms with Gasteiger partial charge in [0.15, 0.2) is 0 Å². The zero-order chi connectivity index (χ0) is 26.3. The molecule has 2 aromatic rings. The summed E-state index contributed by atoms with van der Waals surface area (Å²) in [7, 11) is 0. The largest absolute Gasteiger partial charge is 0.348 e. The van der Waals surface area contributed by atoms with Crippen LogP contribution in [0.4, 0.5) is 10.5 Å². The summed E-state index contributed by atoms with van der Waals surface area (Å²) in [4.78, 5) is 25.7. The number of nitrogens with one attached hydrogen (secondary N) is 3. The molecule has 0 bridgehead atoms. The lowest BCUT2D eigenvalue weighted by molar-refractivity contribution is -0.121. The Bertz CT molecular complexity index is 898. The maximum absolute atomic E-state index is 13.0. The van der Waals surface area contributed by atoms with E-state index in [-0.39, 0.29) is 18.0 Å². The van der Waals surface area contributed by atoms with Crippen LogP contribution in [0.1, 0.15) is 121 Å². The zero-order valence-electron chi connectivity index (χ0n) is 23.0. The highest BCUT2D eigenvalue weighted by Crippen LogP contribution is 2.32. The van der Waals surface area contributed by atoms with Crippen molar-refractivity contribution in [3.8, 4) is 0 Å². The molecule has 0 aromatic heterocycles. The molecule has 3 N–H and O–H groups in total. The van der Waals surface area contributed by atoms with Gasteiger partial charge in [0, 0.05) is 18.7 Å². The van der Waals surface area contributed by atoms with Gasteiger partial charge in [-0.3, -0.25) is 4.79 Å². The zero-order valence-corrected chi connectivity index (χ0v) is 23.0. The molecule has 0 spiro atoms. The molecule has 5 nitrogen and oxygen atoms in total. The Labute approximate surface area is 218 Å². The van der Waals surface area contributed by atoms with E-state index in [1.54, 1.807) is 0 Å². The van der Waals surface area contributed by atoms with E-state index in [9.17, 15) is 9.59 Å². The van der Waals surface area contributed by atoms with E-state index in [1.807, 2.05) is 30.3 Å². The monoisotopic (exact) mass is 493 g/mol. The van der Waals surface area contributed by atoms with Crippen molar-refractivity contribution in [2.45, 2.75) is 104 Å². The number of unbranched alkanes of at least 4 members (excludes halogenated alkanes) is 6. The molecule has 0 fully saturated rings. The highest BCUT2D eigenvalue weighted by atomic mass is 16.2. The van der Waals surface area contributed by atoms with Crippen LogP contribution in [0.5, 0.6) is 0 Å². The minimum absolute atomic E-state index is 0.0341. The number of anilines is 1. The number of para-hydroxylation sites is 1. The van der Waals surface area contributed by atoms with Crippen molar-refractivity contribution in [1.29, 1.82) is 0 Å². The van der Waals surface area contributed by atoms with Crippen LogP contribution in [0.15, 0.2) is 48.5 Å². The minimum atomic E-state index is -0.279. The van der Waals surface area contributed by atoms with Gasteiger partial charge >= 0.3 is 6.03 Å². The van der Waals surface area contributed by atoms with E-state index in [0.717, 1.165) is 35.2 Å². The van der Waals surface area contributed by atoms with E-state index in [1.165, 1.54) is 32.1 Å². The summed E-state index contributed by atoms with van der Waals surface area (Å²) in [5, 5.41) is 9.24. The number of amides is 3. The number of hydrogen-bond donors (Lipinski definition) is 3. The number of rotatable bonds is 15. The summed E-state index contributed by atoms with van der Waals surface area (Å²) in [5.74, 6) is 0.621. The molecule has 2 rings (SSSR count).